The van der Waals surface area contributed by atoms with Gasteiger partial charge < -0.3 is 0 Å². The highest BCUT2D eigenvalue weighted by molar-refractivity contribution is 7.90. The van der Waals surface area contributed by atoms with Crippen LogP contribution in [0.1, 0.15) is 0 Å². The van der Waals surface area contributed by atoms with Crippen molar-refractivity contribution in [1.82, 2.24) is 9.73 Å². The van der Waals surface area contributed by atoms with Crippen LogP contribution in [-0.4, -0.2) is 43.4 Å². The quantitative estimate of drug-likeness (QED) is 0.341. The molecule has 14 heavy (non-hydrogen) atoms. The summed E-state index contributed by atoms with van der Waals surface area (Å²) in [6, 6.07) is 0. The van der Waals surface area contributed by atoms with Gasteiger partial charge in [0.15, 0.2) is 0 Å². The van der Waals surface area contributed by atoms with Crippen molar-refractivity contribution in [2.24, 2.45) is 5.84 Å². The van der Waals surface area contributed by atoms with Gasteiger partial charge in [0, 0.05) is 6.54 Å². The third-order valence-corrected chi connectivity index (χ3v) is 3.63. The van der Waals surface area contributed by atoms with Crippen LogP contribution in [0, 0.1) is 0 Å². The second-order valence-electron chi connectivity index (χ2n) is 2.83. The number of nitrogens with zero attached hydrogens (tertiary/aromatic N) is 1. The molecule has 0 aromatic heterocycles. The molecule has 82 valence electrons. The van der Waals surface area contributed by atoms with E-state index >= 15 is 0 Å². The number of carbonyl (C=O) groups is 1. The molecule has 9 heteroatoms. The fourth-order valence-corrected chi connectivity index (χ4v) is 2.04. The zero-order chi connectivity index (χ0) is 11.0. The number of hydrogen-bond acceptors (Lipinski definition) is 4. The van der Waals surface area contributed by atoms with E-state index in [9.17, 15) is 22.0 Å². The maximum atomic E-state index is 12.8. The summed E-state index contributed by atoms with van der Waals surface area (Å²) < 4.78 is 47.9. The number of nitrogens with two attached hydrogens (primary N) is 1. The summed E-state index contributed by atoms with van der Waals surface area (Å²) in [5.41, 5.74) is 1.28. The van der Waals surface area contributed by atoms with Crippen LogP contribution in [0.3, 0.4) is 0 Å². The van der Waals surface area contributed by atoms with E-state index in [4.69, 9.17) is 0 Å². The molecule has 1 heterocycles. The van der Waals surface area contributed by atoms with Crippen LogP contribution in [0.25, 0.3) is 0 Å². The minimum atomic E-state index is -3.79. The van der Waals surface area contributed by atoms with Gasteiger partial charge in [-0.1, -0.05) is 0 Å². The van der Waals surface area contributed by atoms with E-state index < -0.39 is 28.4 Å². The van der Waals surface area contributed by atoms with Crippen LogP contribution in [0.5, 0.6) is 0 Å². The van der Waals surface area contributed by atoms with Crippen molar-refractivity contribution in [2.75, 3.05) is 18.8 Å². The number of sulfonamides is 1. The smallest absolute Gasteiger partial charge is 0.289 e. The Bertz CT molecular complexity index is 342. The summed E-state index contributed by atoms with van der Waals surface area (Å²) in [7, 11) is -3.56. The monoisotopic (exact) mass is 229 g/mol. The van der Waals surface area contributed by atoms with Crippen molar-refractivity contribution in [3.8, 4) is 0 Å². The van der Waals surface area contributed by atoms with E-state index in [1.807, 2.05) is 0 Å². The summed E-state index contributed by atoms with van der Waals surface area (Å²) in [6.07, 6.45) is 0. The summed E-state index contributed by atoms with van der Waals surface area (Å²) >= 11 is 0. The van der Waals surface area contributed by atoms with Crippen molar-refractivity contribution in [1.29, 1.82) is 0 Å². The lowest BCUT2D eigenvalue weighted by atomic mass is 10.3. The minimum absolute atomic E-state index is 0.00970. The molecule has 0 aliphatic carbocycles. The van der Waals surface area contributed by atoms with Crippen molar-refractivity contribution in [2.45, 2.75) is 5.92 Å². The second-order valence-corrected chi connectivity index (χ2v) is 4.92. The zero-order valence-corrected chi connectivity index (χ0v) is 7.85. The molecule has 1 amide bonds. The van der Waals surface area contributed by atoms with Gasteiger partial charge in [-0.25, -0.2) is 14.3 Å². The largest absolute Gasteiger partial charge is 0.339 e. The molecule has 0 spiro atoms. The first kappa shape index (κ1) is 11.3. The molecule has 6 nitrogen and oxygen atoms in total. The molecule has 0 unspecified atom stereocenters. The molecular weight excluding hydrogens is 220 g/mol. The SMILES string of the molecule is NNC(=O)C(F)(F)CN1CCS1(=O)=O. The van der Waals surface area contributed by atoms with E-state index in [0.717, 1.165) is 0 Å². The lowest BCUT2D eigenvalue weighted by Gasteiger charge is -2.32. The van der Waals surface area contributed by atoms with Gasteiger partial charge in [0.05, 0.1) is 12.3 Å². The Hall–Kier alpha value is -0.800. The first-order valence-electron chi connectivity index (χ1n) is 3.66. The molecular formula is C5H9F2N3O3S. The van der Waals surface area contributed by atoms with Gasteiger partial charge in [-0.15, -0.1) is 0 Å². The van der Waals surface area contributed by atoms with Crippen molar-refractivity contribution >= 4 is 15.9 Å². The predicted molar refractivity (Wildman–Crippen MR) is 42.6 cm³/mol. The second kappa shape index (κ2) is 3.41. The number of halogens is 2. The maximum Gasteiger partial charge on any atom is 0.339 e. The number of rotatable bonds is 3. The van der Waals surface area contributed by atoms with Gasteiger partial charge in [-0.2, -0.15) is 13.1 Å². The summed E-state index contributed by atoms with van der Waals surface area (Å²) in [4.78, 5) is 10.5. The van der Waals surface area contributed by atoms with Gasteiger partial charge in [-0.3, -0.25) is 10.2 Å². The average Bonchev–Trinajstić information content (AvgIpc) is 2.11. The highest BCUT2D eigenvalue weighted by atomic mass is 32.2. The number of alkyl halides is 2. The van der Waals surface area contributed by atoms with E-state index in [0.29, 0.717) is 4.31 Å². The van der Waals surface area contributed by atoms with Gasteiger partial charge in [0.2, 0.25) is 10.0 Å². The third kappa shape index (κ3) is 1.99. The molecule has 0 bridgehead atoms. The molecule has 3 N–H and O–H groups in total. The Kier molecular flexibility index (Phi) is 2.74. The van der Waals surface area contributed by atoms with Crippen LogP contribution in [-0.2, 0) is 14.8 Å². The van der Waals surface area contributed by atoms with Gasteiger partial charge in [-0.05, 0) is 0 Å². The minimum Gasteiger partial charge on any atom is -0.289 e. The summed E-state index contributed by atoms with van der Waals surface area (Å²) in [5, 5.41) is 0. The third-order valence-electron chi connectivity index (χ3n) is 1.83. The number of carbonyl (C=O) groups excluding carboxylic acids is 1. The van der Waals surface area contributed by atoms with Gasteiger partial charge in [0.1, 0.15) is 0 Å². The van der Waals surface area contributed by atoms with Crippen LogP contribution in [0.4, 0.5) is 8.78 Å². The highest BCUT2D eigenvalue weighted by Gasteiger charge is 2.46. The average molecular weight is 229 g/mol. The van der Waals surface area contributed by atoms with Crippen LogP contribution in [0.15, 0.2) is 0 Å². The van der Waals surface area contributed by atoms with Crippen LogP contribution >= 0.6 is 0 Å². The molecule has 1 fully saturated rings. The van der Waals surface area contributed by atoms with Crippen molar-refractivity contribution < 1.29 is 22.0 Å². The Morgan fingerprint density at radius 3 is 2.43 bits per heavy atom. The normalized spacial score (nSPS) is 21.4. The Balaban J connectivity index is 2.64. The summed E-state index contributed by atoms with van der Waals surface area (Å²) in [6.45, 7) is -1.14. The Labute approximate surface area is 79.1 Å². The van der Waals surface area contributed by atoms with Crippen LogP contribution < -0.4 is 11.3 Å². The number of amides is 1. The molecule has 0 aromatic rings. The number of nitrogens with one attached hydrogen (secondary N) is 1. The summed E-state index contributed by atoms with van der Waals surface area (Å²) in [5.74, 6) is -1.13. The molecule has 1 saturated heterocycles. The molecule has 1 aliphatic rings. The van der Waals surface area contributed by atoms with E-state index in [1.165, 1.54) is 5.43 Å². The Morgan fingerprint density at radius 2 is 2.14 bits per heavy atom. The molecule has 0 atom stereocenters. The topological polar surface area (TPSA) is 92.5 Å². The number of hydrogen-bond donors (Lipinski definition) is 2. The number of hydrazine groups is 1. The van der Waals surface area contributed by atoms with Gasteiger partial charge in [0.25, 0.3) is 0 Å². The van der Waals surface area contributed by atoms with Crippen LogP contribution in [0.2, 0.25) is 0 Å². The highest BCUT2D eigenvalue weighted by Crippen LogP contribution is 2.21. The first-order valence-corrected chi connectivity index (χ1v) is 5.27. The van der Waals surface area contributed by atoms with Gasteiger partial charge >= 0.3 is 11.8 Å². The van der Waals surface area contributed by atoms with Crippen molar-refractivity contribution in [3.63, 3.8) is 0 Å². The fraction of sp³-hybridized carbons (Fsp3) is 0.800. The molecule has 0 aromatic carbocycles. The molecule has 1 rings (SSSR count). The maximum absolute atomic E-state index is 12.8. The van der Waals surface area contributed by atoms with E-state index in [-0.39, 0.29) is 12.3 Å². The standard InChI is InChI=1S/C5H9F2N3O3S/c6-5(7,4(11)9-8)3-10-1-2-14(10,12)13/h1-3,8H2,(H,9,11). The molecule has 0 radical (unpaired) electrons. The van der Waals surface area contributed by atoms with E-state index in [2.05, 4.69) is 5.84 Å². The lowest BCUT2D eigenvalue weighted by Crippen LogP contribution is -2.56. The lowest BCUT2D eigenvalue weighted by molar-refractivity contribution is -0.146. The van der Waals surface area contributed by atoms with E-state index in [1.54, 1.807) is 0 Å². The molecule has 1 aliphatic heterocycles. The predicted octanol–water partition coefficient (Wildman–Crippen LogP) is -1.74. The fourth-order valence-electron chi connectivity index (χ4n) is 0.946. The first-order chi connectivity index (χ1) is 6.29. The van der Waals surface area contributed by atoms with Crippen molar-refractivity contribution in [3.05, 3.63) is 0 Å². The Morgan fingerprint density at radius 1 is 1.57 bits per heavy atom. The molecule has 0 saturated carbocycles. The zero-order valence-electron chi connectivity index (χ0n) is 7.03.